The summed E-state index contributed by atoms with van der Waals surface area (Å²) in [6.07, 6.45) is -8.20. The largest absolute Gasteiger partial charge is 0.464 e. The van der Waals surface area contributed by atoms with Gasteiger partial charge in [-0.25, -0.2) is 19.6 Å². The number of nitrogens with zero attached hydrogens (tertiary/aromatic N) is 8. The van der Waals surface area contributed by atoms with E-state index in [1.165, 1.54) is 35.6 Å². The molecule has 0 spiro atoms. The molecule has 32 heteroatoms. The van der Waals surface area contributed by atoms with Crippen molar-refractivity contribution in [2.24, 2.45) is 0 Å². The molecular weight excluding hydrogens is 921 g/mol. The maximum atomic E-state index is 11.8. The highest BCUT2D eigenvalue weighted by molar-refractivity contribution is 7.53. The zero-order valence-corrected chi connectivity index (χ0v) is 35.9. The van der Waals surface area contributed by atoms with Gasteiger partial charge in [0.25, 0.3) is 11.7 Å². The van der Waals surface area contributed by atoms with E-state index in [0.717, 1.165) is 0 Å². The molecule has 0 amide bonds. The number of ether oxygens (including phenoxy) is 6. The van der Waals surface area contributed by atoms with Crippen molar-refractivity contribution in [3.63, 3.8) is 0 Å². The van der Waals surface area contributed by atoms with E-state index in [-0.39, 0.29) is 35.1 Å². The maximum Gasteiger partial charge on any atom is 0.365 e. The van der Waals surface area contributed by atoms with E-state index >= 15 is 0 Å². The molecule has 0 aliphatic carbocycles. The number of nitrogens with one attached hydrogen (secondary N) is 2. The van der Waals surface area contributed by atoms with Crippen LogP contribution in [0.15, 0.2) is 12.7 Å². The number of halogens is 2. The van der Waals surface area contributed by atoms with Gasteiger partial charge in [0, 0.05) is 14.1 Å². The predicted molar refractivity (Wildman–Crippen MR) is 208 cm³/mol. The lowest BCUT2D eigenvalue weighted by Gasteiger charge is -2.20. The lowest BCUT2D eigenvalue weighted by atomic mass is 10.1. The van der Waals surface area contributed by atoms with Crippen molar-refractivity contribution < 1.29 is 87.1 Å². The van der Waals surface area contributed by atoms with Gasteiger partial charge in [-0.3, -0.25) is 18.3 Å². The Hall–Kier alpha value is -3.80. The quantitative estimate of drug-likeness (QED) is 0.0345. The van der Waals surface area contributed by atoms with Crippen LogP contribution in [0.25, 0.3) is 22.3 Å². The fourth-order valence-corrected chi connectivity index (χ4v) is 7.69. The molecule has 4 aromatic heterocycles. The maximum absolute atomic E-state index is 11.8. The lowest BCUT2D eigenvalue weighted by molar-refractivity contribution is -0.156. The Morgan fingerprint density at radius 2 is 1.05 bits per heavy atom. The van der Waals surface area contributed by atoms with Gasteiger partial charge in [0.05, 0.1) is 39.1 Å². The number of aliphatic hydroxyl groups excluding tert-OH is 4. The van der Waals surface area contributed by atoms with E-state index in [4.69, 9.17) is 42.1 Å². The summed E-state index contributed by atoms with van der Waals surface area (Å²) < 4.78 is 56.2. The molecule has 62 heavy (non-hydrogen) atoms. The molecule has 2 saturated heterocycles. The third-order valence-electron chi connectivity index (χ3n) is 8.91. The van der Waals surface area contributed by atoms with Gasteiger partial charge in [-0.1, -0.05) is 0 Å². The van der Waals surface area contributed by atoms with E-state index in [0.29, 0.717) is 22.7 Å². The number of aromatic nitrogens is 8. The van der Waals surface area contributed by atoms with Crippen LogP contribution >= 0.6 is 38.4 Å². The first-order valence-electron chi connectivity index (χ1n) is 18.0. The van der Waals surface area contributed by atoms with Gasteiger partial charge in [0.1, 0.15) is 36.6 Å². The molecule has 10 atom stereocenters. The third-order valence-corrected chi connectivity index (χ3v) is 11.2. The summed E-state index contributed by atoms with van der Waals surface area (Å²) in [7, 11) is -6.81. The Morgan fingerprint density at radius 3 is 1.35 bits per heavy atom. The van der Waals surface area contributed by atoms with Crippen LogP contribution in [0.5, 0.6) is 0 Å². The first-order valence-corrected chi connectivity index (χ1v) is 22.1. The third kappa shape index (κ3) is 10.8. The molecule has 6 heterocycles. The van der Waals surface area contributed by atoms with E-state index in [2.05, 4.69) is 50.0 Å². The van der Waals surface area contributed by atoms with E-state index in [1.807, 2.05) is 0 Å². The highest BCUT2D eigenvalue weighted by Crippen LogP contribution is 2.44. The smallest absolute Gasteiger partial charge is 0.365 e. The van der Waals surface area contributed by atoms with Gasteiger partial charge < -0.3 is 79.1 Å². The van der Waals surface area contributed by atoms with Crippen molar-refractivity contribution in [2.45, 2.75) is 74.6 Å². The fraction of sp³-hybridized carbons (Fsp3) is 0.600. The summed E-state index contributed by atoms with van der Waals surface area (Å²) in [6, 6.07) is 0. The molecule has 0 saturated carbocycles. The summed E-state index contributed by atoms with van der Waals surface area (Å²) in [5, 5.41) is 47.0. The monoisotopic (exact) mass is 962 g/mol. The van der Waals surface area contributed by atoms with Gasteiger partial charge in [-0.2, -0.15) is 19.9 Å². The van der Waals surface area contributed by atoms with Crippen molar-refractivity contribution in [3.8, 4) is 0 Å². The normalized spacial score (nSPS) is 25.0. The summed E-state index contributed by atoms with van der Waals surface area (Å²) in [4.78, 5) is 85.4. The van der Waals surface area contributed by atoms with Crippen molar-refractivity contribution >= 4 is 84.3 Å². The van der Waals surface area contributed by atoms with Crippen LogP contribution in [-0.4, -0.2) is 180 Å². The molecule has 2 fully saturated rings. The van der Waals surface area contributed by atoms with Crippen LogP contribution in [0, 0.1) is 0 Å². The van der Waals surface area contributed by atoms with Crippen LogP contribution in [0.4, 0.5) is 11.6 Å². The average molecular weight is 964 g/mol. The second-order valence-corrected chi connectivity index (χ2v) is 16.9. The number of hydrogen-bond acceptors (Lipinski definition) is 22. The Morgan fingerprint density at radius 1 is 0.694 bits per heavy atom. The number of esters is 2. The second-order valence-electron chi connectivity index (χ2n) is 13.0. The minimum atomic E-state index is -5.01. The SMILES string of the molecule is CCOC(=O)[C@@H](OC[C@H]1O[C@@H](n2cnc3c(NC)nc(Cl)nc32)[C@H](O)[C@@H]1O)P(=O)(O)O.CCOC(=O)[C@H](OC[C@H]1O[C@@H](n2cnc3c(NC)nc(Cl)nc32)[C@H](O)[C@@H]1O)P(=O)(O)O. The number of carbonyl (C=O) groups is 2. The number of rotatable bonds is 16. The highest BCUT2D eigenvalue weighted by Gasteiger charge is 2.48. The van der Waals surface area contributed by atoms with Gasteiger partial charge in [0.15, 0.2) is 46.4 Å². The van der Waals surface area contributed by atoms with Crippen LogP contribution < -0.4 is 10.6 Å². The molecule has 0 unspecified atom stereocenters. The van der Waals surface area contributed by atoms with E-state index in [1.54, 1.807) is 14.1 Å². The van der Waals surface area contributed by atoms with Gasteiger partial charge in [-0.05, 0) is 37.0 Å². The molecule has 0 aromatic carbocycles. The zero-order valence-electron chi connectivity index (χ0n) is 32.6. The molecule has 2 aliphatic heterocycles. The van der Waals surface area contributed by atoms with Crippen LogP contribution in [-0.2, 0) is 47.1 Å². The molecule has 6 rings (SSSR count). The van der Waals surface area contributed by atoms with Crippen molar-refractivity contribution in [3.05, 3.63) is 23.2 Å². The molecule has 0 radical (unpaired) electrons. The predicted octanol–water partition coefficient (Wildman–Crippen LogP) is -1.55. The molecular formula is C30H42Cl2N10O18P2. The van der Waals surface area contributed by atoms with Crippen molar-refractivity contribution in [1.82, 2.24) is 39.0 Å². The van der Waals surface area contributed by atoms with E-state index < -0.39 is 101 Å². The van der Waals surface area contributed by atoms with Crippen molar-refractivity contribution in [2.75, 3.05) is 51.2 Å². The Kier molecular flexibility index (Phi) is 16.2. The summed E-state index contributed by atoms with van der Waals surface area (Å²) in [6.45, 7) is 1.46. The summed E-state index contributed by atoms with van der Waals surface area (Å²) >= 11 is 11.8. The van der Waals surface area contributed by atoms with Crippen LogP contribution in [0.2, 0.25) is 10.6 Å². The van der Waals surface area contributed by atoms with Crippen molar-refractivity contribution in [1.29, 1.82) is 0 Å². The minimum Gasteiger partial charge on any atom is -0.464 e. The summed E-state index contributed by atoms with van der Waals surface area (Å²) in [5.41, 5.74) is 1.09. The molecule has 0 bridgehead atoms. The molecule has 10 N–H and O–H groups in total. The first kappa shape index (κ1) is 49.2. The second kappa shape index (κ2) is 20.4. The molecule has 4 aromatic rings. The average Bonchev–Trinajstić information content (AvgIpc) is 3.95. The van der Waals surface area contributed by atoms with Gasteiger partial charge in [0.2, 0.25) is 10.6 Å². The van der Waals surface area contributed by atoms with E-state index in [9.17, 15) is 58.7 Å². The summed E-state index contributed by atoms with van der Waals surface area (Å²) in [5.74, 6) is -6.24. The van der Waals surface area contributed by atoms with Crippen LogP contribution in [0.1, 0.15) is 26.3 Å². The molecule has 2 aliphatic rings. The fourth-order valence-electron chi connectivity index (χ4n) is 6.10. The van der Waals surface area contributed by atoms with Gasteiger partial charge in [-0.15, -0.1) is 0 Å². The number of aliphatic hydroxyl groups is 4. The Labute approximate surface area is 358 Å². The zero-order chi connectivity index (χ0) is 45.8. The topological polar surface area (TPSA) is 397 Å². The molecule has 28 nitrogen and oxygen atoms in total. The number of anilines is 2. The lowest BCUT2D eigenvalue weighted by Crippen LogP contribution is -2.36. The number of fused-ring (bicyclic) bond motifs is 2. The minimum absolute atomic E-state index is 0.0922. The highest BCUT2D eigenvalue weighted by atomic mass is 35.5. The standard InChI is InChI=1S/2C15H21ClN5O9P/c2*1-3-28-13(24)14(31(25,26)27)29-4-6-8(22)9(23)12(30-6)21-5-18-7-10(17-2)19-15(16)20-11(7)21/h2*5-6,8-9,12,14,22-23H,3-4H2,1-2H3,(H,17,19,20)(H2,25,26,27)/t6-,8-,9-,12-,14+;6-,8-,9-,12-,14-/m11/s1. The number of carbonyl (C=O) groups excluding carboxylic acids is 2. The molecule has 344 valence electrons. The number of hydrogen-bond donors (Lipinski definition) is 10. The van der Waals surface area contributed by atoms with Gasteiger partial charge >= 0.3 is 27.1 Å². The Balaban J connectivity index is 0.000000234. The number of imidazole rings is 2. The first-order chi connectivity index (χ1) is 29.2. The Bertz CT molecular complexity index is 2160. The van der Waals surface area contributed by atoms with Crippen LogP contribution in [0.3, 0.4) is 0 Å².